The fourth-order valence-electron chi connectivity index (χ4n) is 2.81. The molecule has 0 aliphatic rings. The Kier molecular flexibility index (Phi) is 22.2. The first-order valence-electron chi connectivity index (χ1n) is 11.8. The third kappa shape index (κ3) is 19.6. The van der Waals surface area contributed by atoms with Gasteiger partial charge in [0.05, 0.1) is 0 Å². The Balaban J connectivity index is 3.60. The summed E-state index contributed by atoms with van der Waals surface area (Å²) in [5.41, 5.74) is 0. The van der Waals surface area contributed by atoms with Crippen LogP contribution >= 0.6 is 0 Å². The van der Waals surface area contributed by atoms with Crippen molar-refractivity contribution < 1.29 is 14.6 Å². The zero-order chi connectivity index (χ0) is 22.1. The fourth-order valence-corrected chi connectivity index (χ4v) is 2.81. The Labute approximate surface area is 185 Å². The van der Waals surface area contributed by atoms with Gasteiger partial charge in [0.2, 0.25) is 0 Å². The normalized spacial score (nSPS) is 13.7. The van der Waals surface area contributed by atoms with Gasteiger partial charge in [-0.3, -0.25) is 4.79 Å². The molecule has 0 saturated carbocycles. The lowest BCUT2D eigenvalue weighted by Gasteiger charge is -2.14. The van der Waals surface area contributed by atoms with Crippen molar-refractivity contribution in [1.82, 2.24) is 0 Å². The summed E-state index contributed by atoms with van der Waals surface area (Å²) in [5, 5.41) is 8.80. The van der Waals surface area contributed by atoms with Crippen molar-refractivity contribution in [1.29, 1.82) is 0 Å². The number of ketones is 1. The average molecular weight is 417 g/mol. The minimum Gasteiger partial charge on any atom is -0.396 e. The molecule has 0 aliphatic carbocycles. The molecule has 0 spiro atoms. The second-order valence-corrected chi connectivity index (χ2v) is 7.27. The molecule has 0 heterocycles. The fraction of sp³-hybridized carbons (Fsp3) is 0.593. The standard InChI is InChI=1S/C27H44O3/c1-3-5-6-7-8-9-10-11-12-13-14-15-16-17-18-19-20-21-25-30-27(4-2)26(29)23-22-24-28/h5-6,8-9,11-12,14-15,17-18,27-28H,3-4,7,10,13,16,19-25H2,1-2H3/b6-5-,9-8-,12-11-,15-14-,18-17-. The predicted octanol–water partition coefficient (Wildman–Crippen LogP) is 7.04. The highest BCUT2D eigenvalue weighted by molar-refractivity contribution is 5.82. The van der Waals surface area contributed by atoms with Crippen LogP contribution in [0.1, 0.15) is 84.5 Å². The highest BCUT2D eigenvalue weighted by atomic mass is 16.5. The molecule has 30 heavy (non-hydrogen) atoms. The van der Waals surface area contributed by atoms with Crippen molar-refractivity contribution in [3.05, 3.63) is 60.8 Å². The molecule has 0 aromatic heterocycles. The van der Waals surface area contributed by atoms with Gasteiger partial charge in [0.25, 0.3) is 0 Å². The van der Waals surface area contributed by atoms with E-state index in [1.807, 2.05) is 6.92 Å². The van der Waals surface area contributed by atoms with Gasteiger partial charge in [0.1, 0.15) is 6.10 Å². The number of hydrogen-bond donors (Lipinski definition) is 1. The number of ether oxygens (including phenoxy) is 1. The molecule has 0 saturated heterocycles. The second-order valence-electron chi connectivity index (χ2n) is 7.27. The van der Waals surface area contributed by atoms with Crippen molar-refractivity contribution in [2.45, 2.75) is 90.6 Å². The molecular weight excluding hydrogens is 372 g/mol. The number of rotatable bonds is 20. The van der Waals surface area contributed by atoms with E-state index in [4.69, 9.17) is 9.84 Å². The summed E-state index contributed by atoms with van der Waals surface area (Å²) in [4.78, 5) is 11.9. The lowest BCUT2D eigenvalue weighted by molar-refractivity contribution is -0.131. The Morgan fingerprint density at radius 1 is 0.767 bits per heavy atom. The van der Waals surface area contributed by atoms with E-state index in [2.05, 4.69) is 67.7 Å². The van der Waals surface area contributed by atoms with E-state index in [1.165, 1.54) is 0 Å². The van der Waals surface area contributed by atoms with Crippen LogP contribution in [0.25, 0.3) is 0 Å². The zero-order valence-corrected chi connectivity index (χ0v) is 19.3. The molecule has 0 amide bonds. The van der Waals surface area contributed by atoms with E-state index in [0.717, 1.165) is 51.4 Å². The van der Waals surface area contributed by atoms with E-state index in [1.54, 1.807) is 0 Å². The molecule has 1 atom stereocenters. The Morgan fingerprint density at radius 3 is 1.80 bits per heavy atom. The summed E-state index contributed by atoms with van der Waals surface area (Å²) in [7, 11) is 0. The van der Waals surface area contributed by atoms with Crippen molar-refractivity contribution in [2.75, 3.05) is 13.2 Å². The van der Waals surface area contributed by atoms with Gasteiger partial charge in [-0.05, 0) is 64.2 Å². The molecule has 0 aromatic carbocycles. The highest BCUT2D eigenvalue weighted by Gasteiger charge is 2.15. The maximum atomic E-state index is 11.9. The molecule has 0 fully saturated rings. The van der Waals surface area contributed by atoms with E-state index < -0.39 is 0 Å². The smallest absolute Gasteiger partial charge is 0.161 e. The molecule has 170 valence electrons. The number of aliphatic hydroxyl groups is 1. The molecule has 0 bridgehead atoms. The van der Waals surface area contributed by atoms with Crippen LogP contribution in [0, 0.1) is 0 Å². The summed E-state index contributed by atoms with van der Waals surface area (Å²) < 4.78 is 5.70. The second kappa shape index (κ2) is 23.6. The highest BCUT2D eigenvalue weighted by Crippen LogP contribution is 2.07. The largest absolute Gasteiger partial charge is 0.396 e. The molecule has 0 aliphatic heterocycles. The molecule has 1 unspecified atom stereocenters. The van der Waals surface area contributed by atoms with E-state index >= 15 is 0 Å². The maximum absolute atomic E-state index is 11.9. The summed E-state index contributed by atoms with van der Waals surface area (Å²) >= 11 is 0. The van der Waals surface area contributed by atoms with Crippen LogP contribution in [-0.4, -0.2) is 30.2 Å². The predicted molar refractivity (Wildman–Crippen MR) is 130 cm³/mol. The first-order valence-corrected chi connectivity index (χ1v) is 11.8. The minimum absolute atomic E-state index is 0.0649. The summed E-state index contributed by atoms with van der Waals surface area (Å²) in [6.45, 7) is 4.82. The van der Waals surface area contributed by atoms with Gasteiger partial charge < -0.3 is 9.84 Å². The lowest BCUT2D eigenvalue weighted by Crippen LogP contribution is -2.24. The first kappa shape index (κ1) is 28.3. The summed E-state index contributed by atoms with van der Waals surface area (Å²) in [6, 6.07) is 0. The van der Waals surface area contributed by atoms with Gasteiger partial charge in [-0.2, -0.15) is 0 Å². The van der Waals surface area contributed by atoms with Gasteiger partial charge in [-0.25, -0.2) is 0 Å². The quantitative estimate of drug-likeness (QED) is 0.171. The number of aliphatic hydroxyl groups excluding tert-OH is 1. The van der Waals surface area contributed by atoms with Crippen molar-refractivity contribution >= 4 is 5.78 Å². The number of Topliss-reactive ketones (excluding diaryl/α,β-unsaturated/α-hetero) is 1. The molecule has 3 nitrogen and oxygen atoms in total. The molecule has 1 N–H and O–H groups in total. The van der Waals surface area contributed by atoms with Gasteiger partial charge in [0.15, 0.2) is 5.78 Å². The average Bonchev–Trinajstić information content (AvgIpc) is 2.76. The molecule has 0 radical (unpaired) electrons. The SMILES string of the molecule is CC/C=C\C/C=C\C/C=C\C/C=C\C/C=C\CCCCOC(CC)C(=O)CCCO. The maximum Gasteiger partial charge on any atom is 0.161 e. The van der Waals surface area contributed by atoms with Gasteiger partial charge in [-0.15, -0.1) is 0 Å². The van der Waals surface area contributed by atoms with Crippen LogP contribution in [0.5, 0.6) is 0 Å². The Hall–Kier alpha value is -1.71. The van der Waals surface area contributed by atoms with E-state index in [9.17, 15) is 4.79 Å². The summed E-state index contributed by atoms with van der Waals surface area (Å²) in [5.74, 6) is 0.115. The van der Waals surface area contributed by atoms with E-state index in [0.29, 0.717) is 25.9 Å². The monoisotopic (exact) mass is 416 g/mol. The molecule has 3 heteroatoms. The Bertz CT molecular complexity index is 526. The van der Waals surface area contributed by atoms with Gasteiger partial charge in [0, 0.05) is 19.6 Å². The summed E-state index contributed by atoms with van der Waals surface area (Å²) in [6.07, 6.45) is 31.7. The third-order valence-corrected chi connectivity index (χ3v) is 4.55. The topological polar surface area (TPSA) is 46.5 Å². The van der Waals surface area contributed by atoms with Crippen LogP contribution in [0.15, 0.2) is 60.8 Å². The molecule has 0 aromatic rings. The van der Waals surface area contributed by atoms with Crippen molar-refractivity contribution in [3.8, 4) is 0 Å². The van der Waals surface area contributed by atoms with Crippen LogP contribution in [0.2, 0.25) is 0 Å². The minimum atomic E-state index is -0.301. The molecule has 0 rings (SSSR count). The lowest BCUT2D eigenvalue weighted by atomic mass is 10.1. The third-order valence-electron chi connectivity index (χ3n) is 4.55. The number of carbonyl (C=O) groups is 1. The van der Waals surface area contributed by atoms with Crippen molar-refractivity contribution in [2.24, 2.45) is 0 Å². The number of carbonyl (C=O) groups excluding carboxylic acids is 1. The van der Waals surface area contributed by atoms with Crippen LogP contribution in [0.3, 0.4) is 0 Å². The van der Waals surface area contributed by atoms with Gasteiger partial charge in [-0.1, -0.05) is 74.6 Å². The van der Waals surface area contributed by atoms with E-state index in [-0.39, 0.29) is 18.5 Å². The number of hydrogen-bond acceptors (Lipinski definition) is 3. The number of allylic oxidation sites excluding steroid dienone is 10. The zero-order valence-electron chi connectivity index (χ0n) is 19.3. The van der Waals surface area contributed by atoms with Crippen molar-refractivity contribution in [3.63, 3.8) is 0 Å². The first-order chi connectivity index (χ1) is 14.8. The van der Waals surface area contributed by atoms with Crippen LogP contribution in [0.4, 0.5) is 0 Å². The number of unbranched alkanes of at least 4 members (excludes halogenated alkanes) is 2. The van der Waals surface area contributed by atoms with Crippen LogP contribution < -0.4 is 0 Å². The van der Waals surface area contributed by atoms with Crippen LogP contribution in [-0.2, 0) is 9.53 Å². The van der Waals surface area contributed by atoms with Gasteiger partial charge >= 0.3 is 0 Å². The molecular formula is C27H44O3. The Morgan fingerprint density at radius 2 is 1.30 bits per heavy atom.